The Morgan fingerprint density at radius 1 is 1.14 bits per heavy atom. The van der Waals surface area contributed by atoms with E-state index in [1.165, 1.54) is 11.3 Å². The number of rotatable bonds is 6. The number of aliphatic hydroxyl groups is 1. The molecule has 3 aromatic rings. The molecule has 1 aliphatic rings. The molecule has 0 bridgehead atoms. The number of ether oxygens (including phenoxy) is 1. The maximum absolute atomic E-state index is 10.6. The number of nitrogens with zero attached hydrogens (tertiary/aromatic N) is 2. The lowest BCUT2D eigenvalue weighted by molar-refractivity contribution is 0.317. The number of benzene rings is 2. The van der Waals surface area contributed by atoms with Crippen LogP contribution in [0.2, 0.25) is 0 Å². The summed E-state index contributed by atoms with van der Waals surface area (Å²) < 4.78 is 5.63. The summed E-state index contributed by atoms with van der Waals surface area (Å²) in [5.41, 5.74) is 3.29. The van der Waals surface area contributed by atoms with E-state index < -0.39 is 0 Å². The minimum Gasteiger partial charge on any atom is -0.510 e. The molecule has 0 saturated carbocycles. The molecule has 0 amide bonds. The third kappa shape index (κ3) is 3.76. The molecule has 29 heavy (non-hydrogen) atoms. The van der Waals surface area contributed by atoms with E-state index >= 15 is 0 Å². The first-order valence-electron chi connectivity index (χ1n) is 9.63. The Bertz CT molecular complexity index is 1060. The molecule has 2 N–H and O–H groups in total. The van der Waals surface area contributed by atoms with E-state index in [-0.39, 0.29) is 18.1 Å². The predicted octanol–water partition coefficient (Wildman–Crippen LogP) is 5.67. The Hall–Kier alpha value is -3.12. The van der Waals surface area contributed by atoms with Crippen LogP contribution in [0.25, 0.3) is 16.8 Å². The van der Waals surface area contributed by atoms with Gasteiger partial charge in [0.15, 0.2) is 0 Å². The third-order valence-corrected chi connectivity index (χ3v) is 5.77. The van der Waals surface area contributed by atoms with E-state index in [1.807, 2.05) is 61.5 Å². The zero-order valence-corrected chi connectivity index (χ0v) is 17.3. The first-order chi connectivity index (χ1) is 14.1. The summed E-state index contributed by atoms with van der Waals surface area (Å²) in [5.74, 6) is 1.24. The van der Waals surface area contributed by atoms with E-state index in [1.54, 1.807) is 4.90 Å². The van der Waals surface area contributed by atoms with Gasteiger partial charge in [-0.25, -0.2) is 4.98 Å². The number of aliphatic hydroxyl groups excluding tert-OH is 1. The first kappa shape index (κ1) is 19.2. The number of hydrogen-bond donors (Lipinski definition) is 2. The highest BCUT2D eigenvalue weighted by Gasteiger charge is 2.31. The standard InChI is InChI=1S/C23H23N3O2S/c1-3-13-28-18-11-9-17(10-12-18)26-14-19(27)20(22(26)24)23-25-21(15(2)29-23)16-7-5-4-6-8-16/h4-12,24,27H,3,13-14H2,1-2H3. The van der Waals surface area contributed by atoms with Crippen LogP contribution in [0.3, 0.4) is 0 Å². The molecule has 0 aliphatic carbocycles. The monoisotopic (exact) mass is 405 g/mol. The van der Waals surface area contributed by atoms with Crippen molar-refractivity contribution in [1.82, 2.24) is 4.98 Å². The first-order valence-corrected chi connectivity index (χ1v) is 10.4. The summed E-state index contributed by atoms with van der Waals surface area (Å²) in [7, 11) is 0. The summed E-state index contributed by atoms with van der Waals surface area (Å²) in [4.78, 5) is 7.60. The third-order valence-electron chi connectivity index (χ3n) is 4.78. The molecule has 0 spiro atoms. The molecular formula is C23H23N3O2S. The van der Waals surface area contributed by atoms with E-state index in [9.17, 15) is 5.11 Å². The van der Waals surface area contributed by atoms with Gasteiger partial charge in [0.2, 0.25) is 0 Å². The van der Waals surface area contributed by atoms with Gasteiger partial charge in [0, 0.05) is 16.1 Å². The number of amidine groups is 1. The fraction of sp³-hybridized carbons (Fsp3) is 0.217. The van der Waals surface area contributed by atoms with E-state index in [0.29, 0.717) is 17.2 Å². The molecule has 0 unspecified atom stereocenters. The van der Waals surface area contributed by atoms with Crippen molar-refractivity contribution in [3.8, 4) is 17.0 Å². The molecule has 0 radical (unpaired) electrons. The van der Waals surface area contributed by atoms with Gasteiger partial charge in [-0.2, -0.15) is 0 Å². The number of thiazole rings is 1. The number of anilines is 1. The van der Waals surface area contributed by atoms with Crippen LogP contribution in [0.5, 0.6) is 5.75 Å². The minimum atomic E-state index is 0.176. The van der Waals surface area contributed by atoms with Crippen LogP contribution in [0.4, 0.5) is 5.69 Å². The maximum Gasteiger partial charge on any atom is 0.139 e. The van der Waals surface area contributed by atoms with Gasteiger partial charge in [-0.05, 0) is 37.6 Å². The second-order valence-electron chi connectivity index (χ2n) is 6.89. The number of aromatic nitrogens is 1. The Balaban J connectivity index is 1.59. The summed E-state index contributed by atoms with van der Waals surface area (Å²) >= 11 is 1.51. The number of nitrogens with one attached hydrogen (secondary N) is 1. The Morgan fingerprint density at radius 3 is 2.55 bits per heavy atom. The number of aryl methyl sites for hydroxylation is 1. The highest BCUT2D eigenvalue weighted by atomic mass is 32.1. The maximum atomic E-state index is 10.6. The lowest BCUT2D eigenvalue weighted by Crippen LogP contribution is -2.25. The lowest BCUT2D eigenvalue weighted by Gasteiger charge is -2.19. The number of hydrogen-bond acceptors (Lipinski definition) is 5. The van der Waals surface area contributed by atoms with Crippen molar-refractivity contribution in [2.75, 3.05) is 18.1 Å². The topological polar surface area (TPSA) is 69.4 Å². The summed E-state index contributed by atoms with van der Waals surface area (Å²) in [6.07, 6.45) is 0.956. The molecule has 4 rings (SSSR count). The van der Waals surface area contributed by atoms with Gasteiger partial charge in [-0.15, -0.1) is 11.3 Å². The van der Waals surface area contributed by atoms with Crippen LogP contribution in [-0.2, 0) is 0 Å². The van der Waals surface area contributed by atoms with Crippen LogP contribution in [0, 0.1) is 12.3 Å². The van der Waals surface area contributed by atoms with Crippen molar-refractivity contribution in [2.45, 2.75) is 20.3 Å². The van der Waals surface area contributed by atoms with Gasteiger partial charge >= 0.3 is 0 Å². The van der Waals surface area contributed by atoms with Gasteiger partial charge < -0.3 is 14.7 Å². The summed E-state index contributed by atoms with van der Waals surface area (Å²) in [6, 6.07) is 17.6. The molecule has 0 atom stereocenters. The van der Waals surface area contributed by atoms with Crippen LogP contribution in [-0.4, -0.2) is 29.1 Å². The Morgan fingerprint density at radius 2 is 1.86 bits per heavy atom. The summed E-state index contributed by atoms with van der Waals surface area (Å²) in [5, 5.41) is 20.0. The molecule has 6 heteroatoms. The zero-order chi connectivity index (χ0) is 20.4. The highest BCUT2D eigenvalue weighted by Crippen LogP contribution is 2.36. The van der Waals surface area contributed by atoms with Crippen molar-refractivity contribution in [3.05, 3.63) is 70.2 Å². The Labute approximate surface area is 174 Å². The quantitative estimate of drug-likeness (QED) is 0.554. The van der Waals surface area contributed by atoms with Gasteiger partial charge in [-0.3, -0.25) is 5.41 Å². The second kappa shape index (κ2) is 8.09. The molecule has 0 fully saturated rings. The van der Waals surface area contributed by atoms with Crippen LogP contribution in [0.1, 0.15) is 23.2 Å². The van der Waals surface area contributed by atoms with Crippen molar-refractivity contribution in [3.63, 3.8) is 0 Å². The molecule has 0 saturated heterocycles. The average molecular weight is 406 g/mol. The van der Waals surface area contributed by atoms with Crippen LogP contribution >= 0.6 is 11.3 Å². The van der Waals surface area contributed by atoms with E-state index in [0.717, 1.165) is 34.0 Å². The Kier molecular flexibility index (Phi) is 5.36. The van der Waals surface area contributed by atoms with Gasteiger partial charge in [0.1, 0.15) is 22.4 Å². The predicted molar refractivity (Wildman–Crippen MR) is 119 cm³/mol. The van der Waals surface area contributed by atoms with Crippen molar-refractivity contribution < 1.29 is 9.84 Å². The van der Waals surface area contributed by atoms with E-state index in [2.05, 4.69) is 6.92 Å². The molecular weight excluding hydrogens is 382 g/mol. The van der Waals surface area contributed by atoms with Gasteiger partial charge in [0.05, 0.1) is 24.4 Å². The fourth-order valence-electron chi connectivity index (χ4n) is 3.33. The second-order valence-corrected chi connectivity index (χ2v) is 8.09. The molecule has 2 heterocycles. The smallest absolute Gasteiger partial charge is 0.139 e. The van der Waals surface area contributed by atoms with Crippen molar-refractivity contribution in [1.29, 1.82) is 5.41 Å². The molecule has 1 aliphatic heterocycles. The van der Waals surface area contributed by atoms with Crippen LogP contribution in [0.15, 0.2) is 60.4 Å². The van der Waals surface area contributed by atoms with E-state index in [4.69, 9.17) is 15.1 Å². The molecule has 5 nitrogen and oxygen atoms in total. The normalized spacial score (nSPS) is 14.0. The molecule has 148 valence electrons. The highest BCUT2D eigenvalue weighted by molar-refractivity contribution is 7.13. The van der Waals surface area contributed by atoms with Crippen molar-refractivity contribution in [2.24, 2.45) is 0 Å². The van der Waals surface area contributed by atoms with Gasteiger partial charge in [0.25, 0.3) is 0 Å². The van der Waals surface area contributed by atoms with Crippen LogP contribution < -0.4 is 9.64 Å². The SMILES string of the molecule is CCCOc1ccc(N2CC(O)=C(c3nc(-c4ccccc4)c(C)s3)C2=N)cc1. The summed E-state index contributed by atoms with van der Waals surface area (Å²) in [6.45, 7) is 5.03. The zero-order valence-electron chi connectivity index (χ0n) is 16.5. The fourth-order valence-corrected chi connectivity index (χ4v) is 4.34. The van der Waals surface area contributed by atoms with Crippen molar-refractivity contribution >= 4 is 28.4 Å². The largest absolute Gasteiger partial charge is 0.510 e. The minimum absolute atomic E-state index is 0.176. The average Bonchev–Trinajstić information content (AvgIpc) is 3.26. The molecule has 2 aromatic carbocycles. The molecule has 1 aromatic heterocycles. The lowest BCUT2D eigenvalue weighted by atomic mass is 10.1. The van der Waals surface area contributed by atoms with Gasteiger partial charge in [-0.1, -0.05) is 37.3 Å².